The lowest BCUT2D eigenvalue weighted by Gasteiger charge is -2.29. The third kappa shape index (κ3) is 10.4. The highest BCUT2D eigenvalue weighted by molar-refractivity contribution is 5.96. The van der Waals surface area contributed by atoms with Crippen molar-refractivity contribution in [2.75, 3.05) is 19.6 Å². The van der Waals surface area contributed by atoms with Gasteiger partial charge in [0, 0.05) is 13.1 Å². The topological polar surface area (TPSA) is 275 Å². The van der Waals surface area contributed by atoms with Gasteiger partial charge < -0.3 is 49.3 Å². The minimum Gasteiger partial charge on any atom is -0.480 e. The number of aliphatic imine (C=N–C) groups is 1. The number of amides is 4. The number of hydrogen-bond acceptors (Lipinski definition) is 8. The second-order valence-electron chi connectivity index (χ2n) is 8.66. The zero-order chi connectivity index (χ0) is 27.3. The number of carbonyl (C=O) groups excluding carboxylic acids is 4. The molecule has 0 spiro atoms. The number of nitrogens with zero attached hydrogens (tertiary/aromatic N) is 2. The fourth-order valence-electron chi connectivity index (χ4n) is 3.85. The summed E-state index contributed by atoms with van der Waals surface area (Å²) in [6, 6.07) is -4.40. The minimum atomic E-state index is -1.31. The molecule has 0 aromatic carbocycles. The molecule has 0 bridgehead atoms. The molecule has 1 rings (SSSR count). The average Bonchev–Trinajstić information content (AvgIpc) is 3.29. The Morgan fingerprint density at radius 3 is 2.28 bits per heavy atom. The first-order valence-corrected chi connectivity index (χ1v) is 11.9. The molecule has 1 aliphatic rings. The molecule has 4 unspecified atom stereocenters. The number of carboxylic acid groups (broad SMARTS) is 1. The number of unbranched alkanes of at least 4 members (excludes halogenated alkanes) is 1. The third-order valence-corrected chi connectivity index (χ3v) is 5.72. The SMILES string of the molecule is NCCCCC(N)C(=O)NC(CC(N)=O)C(=O)N1CCCC1C(=O)NC(CCCN=C(N)N)C(=O)O. The molecule has 1 aliphatic heterocycles. The second kappa shape index (κ2) is 15.5. The van der Waals surface area contributed by atoms with E-state index in [4.69, 9.17) is 28.7 Å². The van der Waals surface area contributed by atoms with Gasteiger partial charge in [-0.25, -0.2) is 4.79 Å². The van der Waals surface area contributed by atoms with Gasteiger partial charge in [0.05, 0.1) is 12.5 Å². The molecule has 1 saturated heterocycles. The largest absolute Gasteiger partial charge is 0.480 e. The van der Waals surface area contributed by atoms with Crippen molar-refractivity contribution in [1.82, 2.24) is 15.5 Å². The summed E-state index contributed by atoms with van der Waals surface area (Å²) in [5.74, 6) is -4.14. The molecule has 4 amide bonds. The number of primary amides is 1. The summed E-state index contributed by atoms with van der Waals surface area (Å²) in [5.41, 5.74) is 27.1. The van der Waals surface area contributed by atoms with Crippen LogP contribution in [0.5, 0.6) is 0 Å². The van der Waals surface area contributed by atoms with Crippen molar-refractivity contribution in [2.45, 2.75) is 75.5 Å². The van der Waals surface area contributed by atoms with Gasteiger partial charge >= 0.3 is 5.97 Å². The van der Waals surface area contributed by atoms with Gasteiger partial charge in [0.2, 0.25) is 23.6 Å². The number of aliphatic carboxylic acids is 1. The fraction of sp³-hybridized carbons (Fsp3) is 0.714. The Kier molecular flexibility index (Phi) is 13.2. The van der Waals surface area contributed by atoms with E-state index in [0.717, 1.165) is 0 Å². The van der Waals surface area contributed by atoms with Crippen LogP contribution in [0.2, 0.25) is 0 Å². The average molecular weight is 514 g/mol. The van der Waals surface area contributed by atoms with Gasteiger partial charge in [-0.2, -0.15) is 0 Å². The predicted molar refractivity (Wildman–Crippen MR) is 131 cm³/mol. The van der Waals surface area contributed by atoms with Crippen LogP contribution in [-0.2, 0) is 24.0 Å². The molecule has 15 heteroatoms. The van der Waals surface area contributed by atoms with Crippen molar-refractivity contribution in [3.05, 3.63) is 0 Å². The van der Waals surface area contributed by atoms with E-state index in [0.29, 0.717) is 38.6 Å². The zero-order valence-corrected chi connectivity index (χ0v) is 20.4. The van der Waals surface area contributed by atoms with E-state index in [9.17, 15) is 29.1 Å². The third-order valence-electron chi connectivity index (χ3n) is 5.72. The van der Waals surface area contributed by atoms with E-state index < -0.39 is 60.2 Å². The monoisotopic (exact) mass is 513 g/mol. The van der Waals surface area contributed by atoms with Crippen molar-refractivity contribution in [3.8, 4) is 0 Å². The quantitative estimate of drug-likeness (QED) is 0.0570. The van der Waals surface area contributed by atoms with Gasteiger partial charge in [-0.05, 0) is 45.1 Å². The van der Waals surface area contributed by atoms with Gasteiger partial charge in [0.25, 0.3) is 0 Å². The number of likely N-dealkylation sites (tertiary alicyclic amines) is 1. The number of rotatable bonds is 16. The maximum absolute atomic E-state index is 13.2. The summed E-state index contributed by atoms with van der Waals surface area (Å²) in [4.78, 5) is 66.8. The molecule has 204 valence electrons. The summed E-state index contributed by atoms with van der Waals surface area (Å²) >= 11 is 0. The summed E-state index contributed by atoms with van der Waals surface area (Å²) < 4.78 is 0. The van der Waals surface area contributed by atoms with E-state index >= 15 is 0 Å². The Morgan fingerprint density at radius 1 is 1.00 bits per heavy atom. The lowest BCUT2D eigenvalue weighted by atomic mass is 10.1. The molecular formula is C21H39N9O6. The summed E-state index contributed by atoms with van der Waals surface area (Å²) in [6.45, 7) is 0.834. The van der Waals surface area contributed by atoms with Gasteiger partial charge in [0.1, 0.15) is 18.1 Å². The van der Waals surface area contributed by atoms with Crippen molar-refractivity contribution >= 4 is 35.6 Å². The first-order valence-electron chi connectivity index (χ1n) is 11.9. The van der Waals surface area contributed by atoms with E-state index in [1.54, 1.807) is 0 Å². The Labute approximate surface area is 209 Å². The predicted octanol–water partition coefficient (Wildman–Crippen LogP) is -3.58. The molecule has 0 aromatic rings. The summed E-state index contributed by atoms with van der Waals surface area (Å²) in [6.07, 6.45) is 2.30. The molecule has 1 fully saturated rings. The lowest BCUT2D eigenvalue weighted by Crippen LogP contribution is -2.57. The molecule has 4 atom stereocenters. The van der Waals surface area contributed by atoms with E-state index in [-0.39, 0.29) is 31.9 Å². The molecule has 15 nitrogen and oxygen atoms in total. The maximum Gasteiger partial charge on any atom is 0.326 e. The Bertz CT molecular complexity index is 818. The van der Waals surface area contributed by atoms with Crippen molar-refractivity contribution in [1.29, 1.82) is 0 Å². The molecule has 13 N–H and O–H groups in total. The Morgan fingerprint density at radius 2 is 1.69 bits per heavy atom. The molecule has 0 aliphatic carbocycles. The second-order valence-corrected chi connectivity index (χ2v) is 8.66. The van der Waals surface area contributed by atoms with Crippen LogP contribution in [0.1, 0.15) is 51.4 Å². The molecule has 0 saturated carbocycles. The van der Waals surface area contributed by atoms with Gasteiger partial charge in [-0.1, -0.05) is 6.42 Å². The maximum atomic E-state index is 13.2. The van der Waals surface area contributed by atoms with Crippen molar-refractivity contribution in [2.24, 2.45) is 33.7 Å². The van der Waals surface area contributed by atoms with Crippen LogP contribution in [0.4, 0.5) is 0 Å². The lowest BCUT2D eigenvalue weighted by molar-refractivity contribution is -0.145. The van der Waals surface area contributed by atoms with Crippen LogP contribution >= 0.6 is 0 Å². The van der Waals surface area contributed by atoms with Crippen LogP contribution in [0.3, 0.4) is 0 Å². The molecule has 1 heterocycles. The van der Waals surface area contributed by atoms with Crippen molar-refractivity contribution < 1.29 is 29.1 Å². The standard InChI is InChI=1S/C21H39N9O6/c22-8-2-1-5-12(23)17(32)29-14(11-16(24)31)19(34)30-10-4-7-15(30)18(33)28-13(20(35)36)6-3-9-27-21(25)26/h12-15H,1-11,22-23H2,(H2,24,31)(H,28,33)(H,29,32)(H,35,36)(H4,25,26,27). The van der Waals surface area contributed by atoms with Crippen LogP contribution in [0.25, 0.3) is 0 Å². The first-order chi connectivity index (χ1) is 17.0. The fourth-order valence-corrected chi connectivity index (χ4v) is 3.85. The Hall–Kier alpha value is -3.46. The van der Waals surface area contributed by atoms with E-state index in [1.165, 1.54) is 4.90 Å². The summed E-state index contributed by atoms with van der Waals surface area (Å²) in [7, 11) is 0. The van der Waals surface area contributed by atoms with Gasteiger partial charge in [-0.15, -0.1) is 0 Å². The first kappa shape index (κ1) is 30.6. The van der Waals surface area contributed by atoms with E-state index in [2.05, 4.69) is 15.6 Å². The highest BCUT2D eigenvalue weighted by Gasteiger charge is 2.39. The zero-order valence-electron chi connectivity index (χ0n) is 20.4. The normalized spacial score (nSPS) is 17.5. The molecule has 0 aromatic heterocycles. The highest BCUT2D eigenvalue weighted by atomic mass is 16.4. The van der Waals surface area contributed by atoms with Crippen LogP contribution in [0.15, 0.2) is 4.99 Å². The summed E-state index contributed by atoms with van der Waals surface area (Å²) in [5, 5.41) is 14.4. The smallest absolute Gasteiger partial charge is 0.326 e. The van der Waals surface area contributed by atoms with Gasteiger partial charge in [0.15, 0.2) is 5.96 Å². The van der Waals surface area contributed by atoms with Crippen molar-refractivity contribution in [3.63, 3.8) is 0 Å². The molecule has 0 radical (unpaired) electrons. The van der Waals surface area contributed by atoms with Crippen LogP contribution in [0, 0.1) is 0 Å². The van der Waals surface area contributed by atoms with E-state index in [1.807, 2.05) is 0 Å². The number of carbonyl (C=O) groups is 5. The molecule has 36 heavy (non-hydrogen) atoms. The number of nitrogens with one attached hydrogen (secondary N) is 2. The van der Waals surface area contributed by atoms with Gasteiger partial charge in [-0.3, -0.25) is 24.2 Å². The number of nitrogens with two attached hydrogens (primary N) is 5. The Balaban J connectivity index is 2.87. The number of carboxylic acids is 1. The highest BCUT2D eigenvalue weighted by Crippen LogP contribution is 2.20. The number of hydrogen-bond donors (Lipinski definition) is 8. The minimum absolute atomic E-state index is 0.0704. The molecular weight excluding hydrogens is 474 g/mol. The van der Waals surface area contributed by atoms with Crippen LogP contribution in [-0.4, -0.2) is 89.4 Å². The van der Waals surface area contributed by atoms with Crippen LogP contribution < -0.4 is 39.3 Å². The number of guanidine groups is 1.